The first-order chi connectivity index (χ1) is 7.49. The molecule has 0 unspecified atom stereocenters. The van der Waals surface area contributed by atoms with Crippen LogP contribution >= 0.6 is 0 Å². The Hall–Kier alpha value is -0.830. The fourth-order valence-corrected chi connectivity index (χ4v) is 1.98. The number of nitrogens with one attached hydrogen (secondary N) is 1. The van der Waals surface area contributed by atoms with Gasteiger partial charge >= 0.3 is 0 Å². The van der Waals surface area contributed by atoms with Gasteiger partial charge in [0.1, 0.15) is 0 Å². The van der Waals surface area contributed by atoms with Crippen LogP contribution in [0.4, 0.5) is 0 Å². The molecule has 16 heavy (non-hydrogen) atoms. The number of carbonyl (C=O) groups is 1. The molecule has 1 saturated heterocycles. The van der Waals surface area contributed by atoms with Crippen LogP contribution in [-0.4, -0.2) is 36.5 Å². The molecule has 1 heterocycles. The average molecular weight is 224 g/mol. The molecule has 1 amide bonds. The van der Waals surface area contributed by atoms with E-state index in [0.717, 1.165) is 32.5 Å². The number of carbonyl (C=O) groups excluding carboxylic acids is 1. The van der Waals surface area contributed by atoms with E-state index in [1.165, 1.54) is 5.57 Å². The lowest BCUT2D eigenvalue weighted by Crippen LogP contribution is -2.46. The van der Waals surface area contributed by atoms with Crippen molar-refractivity contribution in [3.63, 3.8) is 0 Å². The maximum absolute atomic E-state index is 11.5. The first kappa shape index (κ1) is 13.2. The summed E-state index contributed by atoms with van der Waals surface area (Å²) < 4.78 is 0. The van der Waals surface area contributed by atoms with Crippen molar-refractivity contribution >= 4 is 5.91 Å². The predicted molar refractivity (Wildman–Crippen MR) is 67.3 cm³/mol. The number of likely N-dealkylation sites (tertiary alicyclic amines) is 1. The zero-order valence-electron chi connectivity index (χ0n) is 10.8. The molecule has 1 rings (SSSR count). The fourth-order valence-electron chi connectivity index (χ4n) is 1.98. The van der Waals surface area contributed by atoms with E-state index in [4.69, 9.17) is 0 Å². The minimum atomic E-state index is 0.0912. The van der Waals surface area contributed by atoms with Crippen LogP contribution in [0, 0.1) is 5.92 Å². The van der Waals surface area contributed by atoms with Gasteiger partial charge in [0.25, 0.3) is 0 Å². The number of hydrogen-bond donors (Lipinski definition) is 1. The predicted octanol–water partition coefficient (Wildman–Crippen LogP) is 1.80. The summed E-state index contributed by atoms with van der Waals surface area (Å²) in [7, 11) is 0. The molecule has 0 aromatic carbocycles. The van der Waals surface area contributed by atoms with E-state index < -0.39 is 0 Å². The lowest BCUT2D eigenvalue weighted by molar-refractivity contribution is -0.125. The highest BCUT2D eigenvalue weighted by atomic mass is 16.1. The highest BCUT2D eigenvalue weighted by molar-refractivity contribution is 5.78. The molecule has 0 spiro atoms. The second kappa shape index (κ2) is 6.04. The van der Waals surface area contributed by atoms with Crippen molar-refractivity contribution in [3.05, 3.63) is 12.2 Å². The highest BCUT2D eigenvalue weighted by Crippen LogP contribution is 2.12. The van der Waals surface area contributed by atoms with Crippen molar-refractivity contribution in [2.75, 3.05) is 19.6 Å². The van der Waals surface area contributed by atoms with Gasteiger partial charge in [-0.2, -0.15) is 0 Å². The van der Waals surface area contributed by atoms with Crippen molar-refractivity contribution in [1.29, 1.82) is 0 Å². The molecular weight excluding hydrogens is 200 g/mol. The molecule has 1 fully saturated rings. The Labute approximate surface area is 98.9 Å². The summed E-state index contributed by atoms with van der Waals surface area (Å²) in [5.74, 6) is 0.270. The second-order valence-corrected chi connectivity index (χ2v) is 5.17. The maximum atomic E-state index is 11.5. The smallest absolute Gasteiger partial charge is 0.222 e. The quantitative estimate of drug-likeness (QED) is 0.739. The van der Waals surface area contributed by atoms with Crippen molar-refractivity contribution in [1.82, 2.24) is 10.2 Å². The number of amides is 1. The largest absolute Gasteiger partial charge is 0.353 e. The fraction of sp³-hybridized carbons (Fsp3) is 0.769. The van der Waals surface area contributed by atoms with Crippen LogP contribution < -0.4 is 5.32 Å². The molecule has 0 bridgehead atoms. The highest BCUT2D eigenvalue weighted by Gasteiger charge is 2.21. The maximum Gasteiger partial charge on any atom is 0.222 e. The van der Waals surface area contributed by atoms with Crippen molar-refractivity contribution < 1.29 is 4.79 Å². The Morgan fingerprint density at radius 2 is 2.00 bits per heavy atom. The first-order valence-corrected chi connectivity index (χ1v) is 6.16. The van der Waals surface area contributed by atoms with Gasteiger partial charge in [0, 0.05) is 31.6 Å². The average Bonchev–Trinajstić information content (AvgIpc) is 2.20. The lowest BCUT2D eigenvalue weighted by atomic mass is 10.0. The Morgan fingerprint density at radius 1 is 1.44 bits per heavy atom. The van der Waals surface area contributed by atoms with Crippen molar-refractivity contribution in [2.24, 2.45) is 5.92 Å². The van der Waals surface area contributed by atoms with E-state index in [0.29, 0.717) is 6.04 Å². The summed E-state index contributed by atoms with van der Waals surface area (Å²) in [6, 6.07) is 0.372. The molecule has 0 atom stereocenters. The summed E-state index contributed by atoms with van der Waals surface area (Å²) in [6.45, 7) is 13.0. The molecule has 3 heteroatoms. The number of piperidine rings is 1. The summed E-state index contributed by atoms with van der Waals surface area (Å²) in [4.78, 5) is 13.9. The van der Waals surface area contributed by atoms with Gasteiger partial charge in [0.2, 0.25) is 5.91 Å². The van der Waals surface area contributed by atoms with Crippen LogP contribution in [0.3, 0.4) is 0 Å². The Balaban J connectivity index is 2.27. The number of rotatable bonds is 4. The molecule has 0 saturated carbocycles. The molecule has 0 aliphatic carbocycles. The van der Waals surface area contributed by atoms with Crippen LogP contribution in [0.2, 0.25) is 0 Å². The van der Waals surface area contributed by atoms with Crippen LogP contribution in [-0.2, 0) is 4.79 Å². The van der Waals surface area contributed by atoms with Gasteiger partial charge < -0.3 is 5.32 Å². The van der Waals surface area contributed by atoms with E-state index >= 15 is 0 Å². The lowest BCUT2D eigenvalue weighted by Gasteiger charge is -2.32. The van der Waals surface area contributed by atoms with Gasteiger partial charge in [-0.15, -0.1) is 0 Å². The van der Waals surface area contributed by atoms with Gasteiger partial charge in [-0.25, -0.2) is 0 Å². The summed E-state index contributed by atoms with van der Waals surface area (Å²) in [5, 5.41) is 3.10. The van der Waals surface area contributed by atoms with E-state index in [1.54, 1.807) is 0 Å². The SMILES string of the molecule is C=C(C)CN1CCC(NC(=O)C(C)C)CC1. The van der Waals surface area contributed by atoms with Gasteiger partial charge in [-0.3, -0.25) is 9.69 Å². The summed E-state index contributed by atoms with van der Waals surface area (Å²) in [5.41, 5.74) is 1.21. The third-order valence-electron chi connectivity index (χ3n) is 2.95. The Bertz CT molecular complexity index is 253. The van der Waals surface area contributed by atoms with Crippen LogP contribution in [0.1, 0.15) is 33.6 Å². The number of hydrogen-bond acceptors (Lipinski definition) is 2. The van der Waals surface area contributed by atoms with Crippen LogP contribution in [0.15, 0.2) is 12.2 Å². The van der Waals surface area contributed by atoms with Gasteiger partial charge in [-0.05, 0) is 19.8 Å². The van der Waals surface area contributed by atoms with E-state index in [-0.39, 0.29) is 11.8 Å². The minimum Gasteiger partial charge on any atom is -0.353 e. The third kappa shape index (κ3) is 4.35. The van der Waals surface area contributed by atoms with E-state index in [1.807, 2.05) is 13.8 Å². The Kier molecular flexibility index (Phi) is 5.00. The molecule has 1 N–H and O–H groups in total. The topological polar surface area (TPSA) is 32.3 Å². The molecule has 0 aromatic heterocycles. The second-order valence-electron chi connectivity index (χ2n) is 5.17. The molecule has 0 aromatic rings. The van der Waals surface area contributed by atoms with Gasteiger partial charge in [0.15, 0.2) is 0 Å². The zero-order chi connectivity index (χ0) is 12.1. The zero-order valence-corrected chi connectivity index (χ0v) is 10.8. The molecule has 1 aliphatic heterocycles. The Morgan fingerprint density at radius 3 is 2.44 bits per heavy atom. The normalized spacial score (nSPS) is 18.8. The summed E-state index contributed by atoms with van der Waals surface area (Å²) >= 11 is 0. The molecule has 1 aliphatic rings. The first-order valence-electron chi connectivity index (χ1n) is 6.16. The summed E-state index contributed by atoms with van der Waals surface area (Å²) in [6.07, 6.45) is 2.12. The van der Waals surface area contributed by atoms with Gasteiger partial charge in [0.05, 0.1) is 0 Å². The monoisotopic (exact) mass is 224 g/mol. The van der Waals surface area contributed by atoms with Crippen molar-refractivity contribution in [2.45, 2.75) is 39.7 Å². The van der Waals surface area contributed by atoms with E-state index in [9.17, 15) is 4.79 Å². The molecule has 92 valence electrons. The third-order valence-corrected chi connectivity index (χ3v) is 2.95. The van der Waals surface area contributed by atoms with Crippen LogP contribution in [0.25, 0.3) is 0 Å². The number of nitrogens with zero attached hydrogens (tertiary/aromatic N) is 1. The van der Waals surface area contributed by atoms with E-state index in [2.05, 4.69) is 23.7 Å². The minimum absolute atomic E-state index is 0.0912. The van der Waals surface area contributed by atoms with Crippen molar-refractivity contribution in [3.8, 4) is 0 Å². The molecule has 0 radical (unpaired) electrons. The molecule has 3 nitrogen and oxygen atoms in total. The standard InChI is InChI=1S/C13H24N2O/c1-10(2)9-15-7-5-12(6-8-15)14-13(16)11(3)4/h11-12H,1,5-9H2,2-4H3,(H,14,16). The van der Waals surface area contributed by atoms with Crippen LogP contribution in [0.5, 0.6) is 0 Å². The van der Waals surface area contributed by atoms with Gasteiger partial charge in [-0.1, -0.05) is 26.0 Å². The molecular formula is C13H24N2O.